The second kappa shape index (κ2) is 28.7. The standard InChI is InChI=1S/C30H60/c1-3-5-7-9-11-13-15-17-19-21-23-25-27-29-30-28-26-24-22-20-18-16-14-12-10-8-6-4-2/h13,15H,3-12,14,16-30H2,1-2H3/b15-13+. The summed E-state index contributed by atoms with van der Waals surface area (Å²) in [6, 6.07) is 0. The molecule has 0 atom stereocenters. The topological polar surface area (TPSA) is 0 Å². The van der Waals surface area contributed by atoms with Crippen LogP contribution in [0.25, 0.3) is 0 Å². The third kappa shape index (κ3) is 27.7. The molecular weight excluding hydrogens is 360 g/mol. The van der Waals surface area contributed by atoms with Crippen LogP contribution in [-0.4, -0.2) is 0 Å². The molecule has 0 radical (unpaired) electrons. The summed E-state index contributed by atoms with van der Waals surface area (Å²) in [6.45, 7) is 4.59. The van der Waals surface area contributed by atoms with E-state index in [0.717, 1.165) is 0 Å². The normalized spacial score (nSPS) is 11.7. The fraction of sp³-hybridized carbons (Fsp3) is 0.933. The van der Waals surface area contributed by atoms with Crippen molar-refractivity contribution in [2.24, 2.45) is 0 Å². The maximum absolute atomic E-state index is 2.43. The SMILES string of the molecule is CCCCCC/C=C/CCCCCCCCCCCCCCCCCCCCCC. The summed E-state index contributed by atoms with van der Waals surface area (Å²) in [5.74, 6) is 0. The molecule has 0 aromatic heterocycles. The smallest absolute Gasteiger partial charge is 0.0351 e. The molecule has 0 unspecified atom stereocenters. The third-order valence-electron chi connectivity index (χ3n) is 6.62. The highest BCUT2D eigenvalue weighted by Crippen LogP contribution is 2.15. The van der Waals surface area contributed by atoms with Crippen LogP contribution in [0, 0.1) is 0 Å². The number of hydrogen-bond acceptors (Lipinski definition) is 0. The first-order chi connectivity index (χ1) is 14.9. The van der Waals surface area contributed by atoms with Gasteiger partial charge in [-0.25, -0.2) is 0 Å². The molecule has 0 heteroatoms. The van der Waals surface area contributed by atoms with Gasteiger partial charge in [0.15, 0.2) is 0 Å². The number of unbranched alkanes of at least 4 members (excludes halogenated alkanes) is 24. The van der Waals surface area contributed by atoms with E-state index in [4.69, 9.17) is 0 Å². The van der Waals surface area contributed by atoms with E-state index in [1.165, 1.54) is 167 Å². The van der Waals surface area contributed by atoms with Gasteiger partial charge in [0, 0.05) is 0 Å². The summed E-state index contributed by atoms with van der Waals surface area (Å²) in [4.78, 5) is 0. The van der Waals surface area contributed by atoms with Crippen LogP contribution in [0.3, 0.4) is 0 Å². The van der Waals surface area contributed by atoms with E-state index in [0.29, 0.717) is 0 Å². The molecule has 0 amide bonds. The maximum Gasteiger partial charge on any atom is -0.0351 e. The van der Waals surface area contributed by atoms with Gasteiger partial charge in [-0.2, -0.15) is 0 Å². The van der Waals surface area contributed by atoms with Crippen molar-refractivity contribution < 1.29 is 0 Å². The van der Waals surface area contributed by atoms with Crippen LogP contribution in [-0.2, 0) is 0 Å². The molecule has 0 saturated carbocycles. The Kier molecular flexibility index (Phi) is 28.5. The first kappa shape index (κ1) is 29.7. The molecule has 180 valence electrons. The van der Waals surface area contributed by atoms with Crippen LogP contribution in [0.2, 0.25) is 0 Å². The van der Waals surface area contributed by atoms with Gasteiger partial charge in [-0.3, -0.25) is 0 Å². The van der Waals surface area contributed by atoms with Crippen molar-refractivity contribution in [2.45, 2.75) is 181 Å². The van der Waals surface area contributed by atoms with E-state index >= 15 is 0 Å². The third-order valence-corrected chi connectivity index (χ3v) is 6.62. The average molecular weight is 421 g/mol. The van der Waals surface area contributed by atoms with Gasteiger partial charge in [0.1, 0.15) is 0 Å². The summed E-state index contributed by atoms with van der Waals surface area (Å²) in [7, 11) is 0. The van der Waals surface area contributed by atoms with Crippen molar-refractivity contribution in [3.05, 3.63) is 12.2 Å². The van der Waals surface area contributed by atoms with E-state index in [1.807, 2.05) is 0 Å². The first-order valence-corrected chi connectivity index (χ1v) is 14.6. The van der Waals surface area contributed by atoms with Crippen LogP contribution in [0.4, 0.5) is 0 Å². The number of hydrogen-bond donors (Lipinski definition) is 0. The van der Waals surface area contributed by atoms with Crippen molar-refractivity contribution in [1.82, 2.24) is 0 Å². The van der Waals surface area contributed by atoms with Gasteiger partial charge in [-0.05, 0) is 25.7 Å². The minimum Gasteiger partial charge on any atom is -0.0885 e. The van der Waals surface area contributed by atoms with Crippen molar-refractivity contribution in [3.8, 4) is 0 Å². The Bertz CT molecular complexity index is 303. The van der Waals surface area contributed by atoms with Crippen molar-refractivity contribution in [1.29, 1.82) is 0 Å². The summed E-state index contributed by atoms with van der Waals surface area (Å²) < 4.78 is 0. The first-order valence-electron chi connectivity index (χ1n) is 14.6. The molecule has 30 heavy (non-hydrogen) atoms. The van der Waals surface area contributed by atoms with Crippen LogP contribution in [0.1, 0.15) is 181 Å². The number of allylic oxidation sites excluding steroid dienone is 2. The molecule has 0 aliphatic heterocycles. The molecule has 0 rings (SSSR count). The van der Waals surface area contributed by atoms with Crippen LogP contribution >= 0.6 is 0 Å². The molecule has 0 aliphatic carbocycles. The minimum atomic E-state index is 1.30. The Labute approximate surface area is 193 Å². The summed E-state index contributed by atoms with van der Waals surface area (Å²) in [5, 5.41) is 0. The van der Waals surface area contributed by atoms with Crippen LogP contribution in [0.5, 0.6) is 0 Å². The Morgan fingerprint density at radius 3 is 0.733 bits per heavy atom. The van der Waals surface area contributed by atoms with Crippen LogP contribution in [0.15, 0.2) is 12.2 Å². The molecule has 0 heterocycles. The summed E-state index contributed by atoms with van der Waals surface area (Å²) >= 11 is 0. The maximum atomic E-state index is 2.43. The highest BCUT2D eigenvalue weighted by Gasteiger charge is 1.95. The fourth-order valence-electron chi connectivity index (χ4n) is 4.44. The second-order valence-corrected chi connectivity index (χ2v) is 9.83. The highest BCUT2D eigenvalue weighted by atomic mass is 14.0. The largest absolute Gasteiger partial charge is 0.0885 e. The Morgan fingerprint density at radius 2 is 0.467 bits per heavy atom. The predicted octanol–water partition coefficient (Wildman–Crippen LogP) is 11.7. The van der Waals surface area contributed by atoms with Gasteiger partial charge in [-0.15, -0.1) is 0 Å². The minimum absolute atomic E-state index is 1.30. The van der Waals surface area contributed by atoms with Crippen molar-refractivity contribution in [3.63, 3.8) is 0 Å². The number of rotatable bonds is 26. The molecule has 0 aromatic rings. The molecule has 0 nitrogen and oxygen atoms in total. The van der Waals surface area contributed by atoms with Gasteiger partial charge in [0.25, 0.3) is 0 Å². The molecule has 0 saturated heterocycles. The van der Waals surface area contributed by atoms with E-state index in [2.05, 4.69) is 26.0 Å². The van der Waals surface area contributed by atoms with E-state index in [-0.39, 0.29) is 0 Å². The molecular formula is C30H60. The highest BCUT2D eigenvalue weighted by molar-refractivity contribution is 4.81. The van der Waals surface area contributed by atoms with Crippen LogP contribution < -0.4 is 0 Å². The van der Waals surface area contributed by atoms with Crippen molar-refractivity contribution in [2.75, 3.05) is 0 Å². The Hall–Kier alpha value is -0.260. The molecule has 0 aliphatic rings. The lowest BCUT2D eigenvalue weighted by Gasteiger charge is -2.04. The molecule has 0 fully saturated rings. The van der Waals surface area contributed by atoms with Gasteiger partial charge in [0.2, 0.25) is 0 Å². The molecule has 0 spiro atoms. The van der Waals surface area contributed by atoms with Crippen molar-refractivity contribution >= 4 is 0 Å². The lowest BCUT2D eigenvalue weighted by molar-refractivity contribution is 0.522. The summed E-state index contributed by atoms with van der Waals surface area (Å²) in [5.41, 5.74) is 0. The van der Waals surface area contributed by atoms with Gasteiger partial charge >= 0.3 is 0 Å². The van der Waals surface area contributed by atoms with Gasteiger partial charge in [-0.1, -0.05) is 167 Å². The monoisotopic (exact) mass is 420 g/mol. The predicted molar refractivity (Wildman–Crippen MR) is 141 cm³/mol. The zero-order valence-corrected chi connectivity index (χ0v) is 21.5. The quantitative estimate of drug-likeness (QED) is 0.0963. The fourth-order valence-corrected chi connectivity index (χ4v) is 4.44. The Morgan fingerprint density at radius 1 is 0.267 bits per heavy atom. The molecule has 0 aromatic carbocycles. The second-order valence-electron chi connectivity index (χ2n) is 9.83. The van der Waals surface area contributed by atoms with E-state index in [9.17, 15) is 0 Å². The van der Waals surface area contributed by atoms with Gasteiger partial charge < -0.3 is 0 Å². The zero-order valence-electron chi connectivity index (χ0n) is 21.5. The lowest BCUT2D eigenvalue weighted by Crippen LogP contribution is -1.84. The summed E-state index contributed by atoms with van der Waals surface area (Å²) in [6.07, 6.45) is 42.4. The average Bonchev–Trinajstić information content (AvgIpc) is 2.76. The van der Waals surface area contributed by atoms with E-state index in [1.54, 1.807) is 0 Å². The molecule has 0 N–H and O–H groups in total. The van der Waals surface area contributed by atoms with Gasteiger partial charge in [0.05, 0.1) is 0 Å². The lowest BCUT2D eigenvalue weighted by atomic mass is 10.0. The zero-order chi connectivity index (χ0) is 21.8. The Balaban J connectivity index is 3.02. The van der Waals surface area contributed by atoms with E-state index < -0.39 is 0 Å². The molecule has 0 bridgehead atoms.